The molecule has 2 aromatic rings. The van der Waals surface area contributed by atoms with Gasteiger partial charge in [-0.15, -0.1) is 0 Å². The molecule has 0 unspecified atom stereocenters. The third kappa shape index (κ3) is 2.32. The molecule has 0 aromatic heterocycles. The number of carbonyl (C=O) groups is 1. The van der Waals surface area contributed by atoms with Gasteiger partial charge in [-0.1, -0.05) is 37.3 Å². The Bertz CT molecular complexity index is 618. The van der Waals surface area contributed by atoms with Gasteiger partial charge in [0.05, 0.1) is 11.3 Å². The summed E-state index contributed by atoms with van der Waals surface area (Å²) >= 11 is 0. The monoisotopic (exact) mass is 254 g/mol. The summed E-state index contributed by atoms with van der Waals surface area (Å²) in [4.78, 5) is 11.6. The van der Waals surface area contributed by atoms with Gasteiger partial charge in [-0.05, 0) is 36.1 Å². The molecule has 19 heavy (non-hydrogen) atoms. The van der Waals surface area contributed by atoms with Crippen LogP contribution in [0.3, 0.4) is 0 Å². The quantitative estimate of drug-likeness (QED) is 0.827. The van der Waals surface area contributed by atoms with Gasteiger partial charge in [0.2, 0.25) is 0 Å². The number of nitrogen functional groups attached to an aromatic ring is 1. The summed E-state index contributed by atoms with van der Waals surface area (Å²) in [6.07, 6.45) is 0.840. The highest BCUT2D eigenvalue weighted by Crippen LogP contribution is 2.33. The molecule has 2 aromatic carbocycles. The summed E-state index contributed by atoms with van der Waals surface area (Å²) in [6, 6.07) is 11.8. The molecular weight excluding hydrogens is 236 g/mol. The van der Waals surface area contributed by atoms with Gasteiger partial charge >= 0.3 is 0 Å². The topological polar surface area (TPSA) is 69.1 Å². The predicted octanol–water partition coefficient (Wildman–Crippen LogP) is 2.91. The van der Waals surface area contributed by atoms with Crippen molar-refractivity contribution in [2.24, 2.45) is 5.73 Å². The average molecular weight is 254 g/mol. The number of benzene rings is 2. The van der Waals surface area contributed by atoms with Gasteiger partial charge < -0.3 is 11.5 Å². The maximum atomic E-state index is 11.6. The molecule has 0 atom stereocenters. The molecule has 0 spiro atoms. The smallest absolute Gasteiger partial charge is 0.251 e. The van der Waals surface area contributed by atoms with E-state index in [-0.39, 0.29) is 0 Å². The molecule has 0 saturated carbocycles. The van der Waals surface area contributed by atoms with Crippen LogP contribution in [0.1, 0.15) is 28.4 Å². The second-order valence-electron chi connectivity index (χ2n) is 4.58. The number of hydrogen-bond acceptors (Lipinski definition) is 2. The third-order valence-electron chi connectivity index (χ3n) is 3.45. The number of rotatable bonds is 3. The van der Waals surface area contributed by atoms with Crippen molar-refractivity contribution in [2.45, 2.75) is 20.3 Å². The summed E-state index contributed by atoms with van der Waals surface area (Å²) in [5.74, 6) is -0.470. The highest BCUT2D eigenvalue weighted by atomic mass is 16.1. The molecule has 0 heterocycles. The maximum Gasteiger partial charge on any atom is 0.251 e. The molecule has 4 N–H and O–H groups in total. The lowest BCUT2D eigenvalue weighted by Gasteiger charge is -2.16. The minimum Gasteiger partial charge on any atom is -0.398 e. The first-order chi connectivity index (χ1) is 9.06. The molecule has 0 saturated heterocycles. The Labute approximate surface area is 113 Å². The van der Waals surface area contributed by atoms with Gasteiger partial charge in [0.15, 0.2) is 0 Å². The van der Waals surface area contributed by atoms with Gasteiger partial charge in [-0.3, -0.25) is 4.79 Å². The van der Waals surface area contributed by atoms with Gasteiger partial charge in [0.1, 0.15) is 0 Å². The van der Waals surface area contributed by atoms with Crippen molar-refractivity contribution >= 4 is 11.6 Å². The molecule has 0 fully saturated rings. The van der Waals surface area contributed by atoms with Crippen molar-refractivity contribution in [3.63, 3.8) is 0 Å². The van der Waals surface area contributed by atoms with Crippen LogP contribution in [0.2, 0.25) is 0 Å². The van der Waals surface area contributed by atoms with Crippen LogP contribution in [0.15, 0.2) is 36.4 Å². The van der Waals surface area contributed by atoms with E-state index in [0.717, 1.165) is 28.7 Å². The van der Waals surface area contributed by atoms with Crippen molar-refractivity contribution < 1.29 is 4.79 Å². The number of amides is 1. The molecule has 1 amide bonds. The first-order valence-electron chi connectivity index (χ1n) is 6.33. The summed E-state index contributed by atoms with van der Waals surface area (Å²) in [5.41, 5.74) is 16.4. The Morgan fingerprint density at radius 3 is 2.37 bits per heavy atom. The van der Waals surface area contributed by atoms with Crippen LogP contribution in [0, 0.1) is 6.92 Å². The van der Waals surface area contributed by atoms with E-state index in [1.165, 1.54) is 0 Å². The summed E-state index contributed by atoms with van der Waals surface area (Å²) in [7, 11) is 0. The SMILES string of the molecule is CCc1cc(-c2ccccc2)c(N)c(C(N)=O)c1C. The zero-order valence-electron chi connectivity index (χ0n) is 11.2. The number of carbonyl (C=O) groups excluding carboxylic acids is 1. The third-order valence-corrected chi connectivity index (χ3v) is 3.45. The largest absolute Gasteiger partial charge is 0.398 e. The Hall–Kier alpha value is -2.29. The van der Waals surface area contributed by atoms with Crippen LogP contribution in [-0.2, 0) is 6.42 Å². The molecule has 0 bridgehead atoms. The number of aryl methyl sites for hydroxylation is 1. The highest BCUT2D eigenvalue weighted by Gasteiger charge is 2.17. The van der Waals surface area contributed by atoms with E-state index >= 15 is 0 Å². The fourth-order valence-corrected chi connectivity index (χ4v) is 2.40. The molecule has 0 aliphatic carbocycles. The van der Waals surface area contributed by atoms with Crippen molar-refractivity contribution in [1.82, 2.24) is 0 Å². The van der Waals surface area contributed by atoms with Crippen LogP contribution in [0.5, 0.6) is 0 Å². The van der Waals surface area contributed by atoms with E-state index in [4.69, 9.17) is 11.5 Å². The minimum atomic E-state index is -0.470. The number of anilines is 1. The van der Waals surface area contributed by atoms with Crippen molar-refractivity contribution in [2.75, 3.05) is 5.73 Å². The molecule has 0 aliphatic rings. The van der Waals surface area contributed by atoms with E-state index in [0.29, 0.717) is 11.3 Å². The Balaban J connectivity index is 2.76. The molecule has 0 radical (unpaired) electrons. The fourth-order valence-electron chi connectivity index (χ4n) is 2.40. The molecule has 2 rings (SSSR count). The lowest BCUT2D eigenvalue weighted by Crippen LogP contribution is -2.17. The van der Waals surface area contributed by atoms with Crippen molar-refractivity contribution in [3.8, 4) is 11.1 Å². The molecule has 3 nitrogen and oxygen atoms in total. The average Bonchev–Trinajstić information content (AvgIpc) is 2.39. The predicted molar refractivity (Wildman–Crippen MR) is 78.9 cm³/mol. The summed E-state index contributed by atoms with van der Waals surface area (Å²) < 4.78 is 0. The van der Waals surface area contributed by atoms with Crippen molar-refractivity contribution in [1.29, 1.82) is 0 Å². The van der Waals surface area contributed by atoms with E-state index in [2.05, 4.69) is 6.92 Å². The highest BCUT2D eigenvalue weighted by molar-refractivity contribution is 6.03. The van der Waals surface area contributed by atoms with Crippen LogP contribution >= 0.6 is 0 Å². The Morgan fingerprint density at radius 2 is 1.84 bits per heavy atom. The van der Waals surface area contributed by atoms with Crippen LogP contribution in [0.25, 0.3) is 11.1 Å². The van der Waals surface area contributed by atoms with E-state index in [9.17, 15) is 4.79 Å². The molecule has 0 aliphatic heterocycles. The minimum absolute atomic E-state index is 0.443. The summed E-state index contributed by atoms with van der Waals surface area (Å²) in [6.45, 7) is 3.95. The van der Waals surface area contributed by atoms with E-state index in [1.807, 2.05) is 43.3 Å². The number of nitrogens with two attached hydrogens (primary N) is 2. The first-order valence-corrected chi connectivity index (χ1v) is 6.33. The second kappa shape index (κ2) is 5.14. The second-order valence-corrected chi connectivity index (χ2v) is 4.58. The lowest BCUT2D eigenvalue weighted by atomic mass is 9.91. The summed E-state index contributed by atoms with van der Waals surface area (Å²) in [5, 5.41) is 0. The van der Waals surface area contributed by atoms with E-state index in [1.54, 1.807) is 0 Å². The molecular formula is C16H18N2O. The van der Waals surface area contributed by atoms with Crippen molar-refractivity contribution in [3.05, 3.63) is 53.1 Å². The molecule has 3 heteroatoms. The Kier molecular flexibility index (Phi) is 3.56. The van der Waals surface area contributed by atoms with Crippen LogP contribution < -0.4 is 11.5 Å². The van der Waals surface area contributed by atoms with Gasteiger partial charge in [-0.25, -0.2) is 0 Å². The first kappa shape index (κ1) is 13.1. The van der Waals surface area contributed by atoms with Gasteiger partial charge in [-0.2, -0.15) is 0 Å². The normalized spacial score (nSPS) is 10.4. The van der Waals surface area contributed by atoms with Gasteiger partial charge in [0.25, 0.3) is 5.91 Å². The Morgan fingerprint density at radius 1 is 1.21 bits per heavy atom. The molecule has 98 valence electrons. The lowest BCUT2D eigenvalue weighted by molar-refractivity contribution is 0.100. The van der Waals surface area contributed by atoms with Crippen LogP contribution in [0.4, 0.5) is 5.69 Å². The number of primary amides is 1. The van der Waals surface area contributed by atoms with Gasteiger partial charge in [0, 0.05) is 5.56 Å². The standard InChI is InChI=1S/C16H18N2O/c1-3-11-9-13(12-7-5-4-6-8-12)15(17)14(10(11)2)16(18)19/h4-9H,3,17H2,1-2H3,(H2,18,19). The fraction of sp³-hybridized carbons (Fsp3) is 0.188. The van der Waals surface area contributed by atoms with Crippen LogP contribution in [-0.4, -0.2) is 5.91 Å². The zero-order valence-corrected chi connectivity index (χ0v) is 11.2. The van der Waals surface area contributed by atoms with E-state index < -0.39 is 5.91 Å². The number of hydrogen-bond donors (Lipinski definition) is 2. The maximum absolute atomic E-state index is 11.6. The zero-order chi connectivity index (χ0) is 14.0.